The van der Waals surface area contributed by atoms with Crippen LogP contribution in [0.25, 0.3) is 0 Å². The van der Waals surface area contributed by atoms with E-state index in [0.717, 1.165) is 43.3 Å². The Labute approximate surface area is 173 Å². The Balaban J connectivity index is 1.32. The third-order valence-corrected chi connectivity index (χ3v) is 6.24. The number of amides is 2. The molecule has 7 heteroatoms. The molecule has 2 aliphatic heterocycles. The zero-order valence-electron chi connectivity index (χ0n) is 16.5. The van der Waals surface area contributed by atoms with Gasteiger partial charge in [0.1, 0.15) is 17.5 Å². The predicted molar refractivity (Wildman–Crippen MR) is 105 cm³/mol. The Kier molecular flexibility index (Phi) is 5.90. The molecule has 2 amide bonds. The van der Waals surface area contributed by atoms with Gasteiger partial charge >= 0.3 is 0 Å². The molecule has 0 aliphatic carbocycles. The standard InChI is InChI=1S/C23H23F3N2O2/c24-17-3-5-20(6-4-17)28-22(29)14-21(23(28)30)27-9-7-15(8-10-27)1-2-16-11-18(25)13-19(26)12-16/h3-6,11-13,15,21H,1-2,7-10,14H2/p+1/t21-/m0/s1. The molecular formula is C23H24F3N2O2+. The summed E-state index contributed by atoms with van der Waals surface area (Å²) in [6.07, 6.45) is 3.44. The summed E-state index contributed by atoms with van der Waals surface area (Å²) in [5.74, 6) is -1.57. The van der Waals surface area contributed by atoms with Crippen LogP contribution in [-0.2, 0) is 16.0 Å². The number of likely N-dealkylation sites (tertiary alicyclic amines) is 1. The van der Waals surface area contributed by atoms with E-state index in [-0.39, 0.29) is 18.2 Å². The molecule has 0 aromatic heterocycles. The number of nitrogens with zero attached hydrogens (tertiary/aromatic N) is 1. The van der Waals surface area contributed by atoms with Crippen LogP contribution in [0.1, 0.15) is 31.2 Å². The second-order valence-corrected chi connectivity index (χ2v) is 8.22. The lowest BCUT2D eigenvalue weighted by molar-refractivity contribution is -0.920. The van der Waals surface area contributed by atoms with Gasteiger partial charge < -0.3 is 4.90 Å². The molecule has 0 saturated carbocycles. The Morgan fingerprint density at radius 3 is 2.17 bits per heavy atom. The molecule has 2 fully saturated rings. The Bertz CT molecular complexity index is 920. The first-order valence-electron chi connectivity index (χ1n) is 10.3. The van der Waals surface area contributed by atoms with Gasteiger partial charge in [0.05, 0.1) is 25.2 Å². The van der Waals surface area contributed by atoms with E-state index in [0.29, 0.717) is 23.6 Å². The van der Waals surface area contributed by atoms with Crippen molar-refractivity contribution < 1.29 is 27.7 Å². The van der Waals surface area contributed by atoms with Crippen LogP contribution in [0.4, 0.5) is 18.9 Å². The van der Waals surface area contributed by atoms with Crippen LogP contribution in [0, 0.1) is 23.4 Å². The summed E-state index contributed by atoms with van der Waals surface area (Å²) >= 11 is 0. The number of carbonyl (C=O) groups excluding carboxylic acids is 2. The van der Waals surface area contributed by atoms with Crippen molar-refractivity contribution in [3.05, 3.63) is 65.5 Å². The molecule has 2 heterocycles. The number of quaternary nitrogens is 1. The molecule has 0 radical (unpaired) electrons. The fourth-order valence-electron chi connectivity index (χ4n) is 4.62. The molecule has 1 N–H and O–H groups in total. The van der Waals surface area contributed by atoms with Crippen molar-refractivity contribution in [2.75, 3.05) is 18.0 Å². The van der Waals surface area contributed by atoms with Gasteiger partial charge in [-0.25, -0.2) is 18.1 Å². The molecule has 0 bridgehead atoms. The van der Waals surface area contributed by atoms with Gasteiger partial charge in [-0.3, -0.25) is 9.59 Å². The number of nitrogens with one attached hydrogen (secondary N) is 1. The molecule has 2 aromatic carbocycles. The van der Waals surface area contributed by atoms with E-state index in [9.17, 15) is 22.8 Å². The van der Waals surface area contributed by atoms with Gasteiger partial charge in [-0.05, 0) is 73.6 Å². The number of carbonyl (C=O) groups is 2. The van der Waals surface area contributed by atoms with Crippen molar-refractivity contribution in [3.63, 3.8) is 0 Å². The van der Waals surface area contributed by atoms with Crippen LogP contribution < -0.4 is 9.80 Å². The first kappa shape index (κ1) is 20.6. The second kappa shape index (κ2) is 8.60. The van der Waals surface area contributed by atoms with Gasteiger partial charge in [0, 0.05) is 6.07 Å². The summed E-state index contributed by atoms with van der Waals surface area (Å²) in [7, 11) is 0. The maximum absolute atomic E-state index is 13.3. The lowest BCUT2D eigenvalue weighted by Crippen LogP contribution is -3.17. The fraction of sp³-hybridized carbons (Fsp3) is 0.391. The maximum atomic E-state index is 13.3. The van der Waals surface area contributed by atoms with Crippen molar-refractivity contribution in [1.29, 1.82) is 0 Å². The molecule has 4 rings (SSSR count). The zero-order valence-corrected chi connectivity index (χ0v) is 16.5. The summed E-state index contributed by atoms with van der Waals surface area (Å²) < 4.78 is 39.8. The highest BCUT2D eigenvalue weighted by molar-refractivity contribution is 6.21. The smallest absolute Gasteiger partial charge is 0.292 e. The topological polar surface area (TPSA) is 41.8 Å². The Morgan fingerprint density at radius 2 is 1.53 bits per heavy atom. The normalized spacial score (nSPS) is 24.5. The van der Waals surface area contributed by atoms with Crippen LogP contribution in [0.3, 0.4) is 0 Å². The Hall–Kier alpha value is -2.67. The number of anilines is 1. The highest BCUT2D eigenvalue weighted by Gasteiger charge is 2.46. The maximum Gasteiger partial charge on any atom is 0.292 e. The summed E-state index contributed by atoms with van der Waals surface area (Å²) in [5.41, 5.74) is 1.07. The summed E-state index contributed by atoms with van der Waals surface area (Å²) in [6.45, 7) is 1.56. The summed E-state index contributed by atoms with van der Waals surface area (Å²) in [4.78, 5) is 27.6. The van der Waals surface area contributed by atoms with Crippen molar-refractivity contribution >= 4 is 17.5 Å². The number of rotatable bonds is 5. The van der Waals surface area contributed by atoms with E-state index >= 15 is 0 Å². The SMILES string of the molecule is O=C1C[C@H]([NH+]2CCC(CCc3cc(F)cc(F)c3)CC2)C(=O)N1c1ccc(F)cc1. The third kappa shape index (κ3) is 4.41. The average Bonchev–Trinajstić information content (AvgIpc) is 3.01. The number of hydrogen-bond donors (Lipinski definition) is 1. The van der Waals surface area contributed by atoms with E-state index in [4.69, 9.17) is 0 Å². The number of hydrogen-bond acceptors (Lipinski definition) is 2. The molecule has 2 saturated heterocycles. The molecule has 0 spiro atoms. The third-order valence-electron chi connectivity index (χ3n) is 6.24. The van der Waals surface area contributed by atoms with Gasteiger partial charge in [-0.1, -0.05) is 0 Å². The van der Waals surface area contributed by atoms with Gasteiger partial charge in [0.25, 0.3) is 5.91 Å². The molecule has 2 aromatic rings. The van der Waals surface area contributed by atoms with Gasteiger partial charge in [-0.2, -0.15) is 0 Å². The van der Waals surface area contributed by atoms with Crippen LogP contribution in [0.2, 0.25) is 0 Å². The lowest BCUT2D eigenvalue weighted by Gasteiger charge is -2.32. The minimum Gasteiger partial charge on any atom is -0.324 e. The molecule has 158 valence electrons. The number of imide groups is 1. The van der Waals surface area contributed by atoms with Gasteiger partial charge in [-0.15, -0.1) is 0 Å². The number of benzene rings is 2. The highest BCUT2D eigenvalue weighted by Crippen LogP contribution is 2.24. The predicted octanol–water partition coefficient (Wildman–Crippen LogP) is 2.66. The van der Waals surface area contributed by atoms with Crippen molar-refractivity contribution in [3.8, 4) is 0 Å². The lowest BCUT2D eigenvalue weighted by atomic mass is 9.90. The van der Waals surface area contributed by atoms with E-state index in [1.54, 1.807) is 0 Å². The molecule has 4 nitrogen and oxygen atoms in total. The zero-order chi connectivity index (χ0) is 21.3. The molecule has 1 atom stereocenters. The molecule has 0 unspecified atom stereocenters. The fourth-order valence-corrected chi connectivity index (χ4v) is 4.62. The van der Waals surface area contributed by atoms with E-state index < -0.39 is 23.5 Å². The largest absolute Gasteiger partial charge is 0.324 e. The van der Waals surface area contributed by atoms with Crippen LogP contribution in [0.15, 0.2) is 42.5 Å². The first-order chi connectivity index (χ1) is 14.4. The molecular weight excluding hydrogens is 393 g/mol. The van der Waals surface area contributed by atoms with Gasteiger partial charge in [0.2, 0.25) is 5.91 Å². The summed E-state index contributed by atoms with van der Waals surface area (Å²) in [6, 6.07) is 8.60. The summed E-state index contributed by atoms with van der Waals surface area (Å²) in [5, 5.41) is 0. The van der Waals surface area contributed by atoms with E-state index in [1.807, 2.05) is 0 Å². The molecule has 30 heavy (non-hydrogen) atoms. The monoisotopic (exact) mass is 417 g/mol. The number of piperidine rings is 1. The minimum atomic E-state index is -0.556. The van der Waals surface area contributed by atoms with Crippen LogP contribution in [0.5, 0.6) is 0 Å². The quantitative estimate of drug-likeness (QED) is 0.761. The number of halogens is 3. The van der Waals surface area contributed by atoms with Crippen LogP contribution >= 0.6 is 0 Å². The van der Waals surface area contributed by atoms with Gasteiger partial charge in [0.15, 0.2) is 6.04 Å². The van der Waals surface area contributed by atoms with E-state index in [2.05, 4.69) is 0 Å². The average molecular weight is 417 g/mol. The first-order valence-corrected chi connectivity index (χ1v) is 10.3. The van der Waals surface area contributed by atoms with Crippen molar-refractivity contribution in [2.24, 2.45) is 5.92 Å². The minimum absolute atomic E-state index is 0.165. The highest BCUT2D eigenvalue weighted by atomic mass is 19.1. The molecule has 2 aliphatic rings. The number of aryl methyl sites for hydroxylation is 1. The van der Waals surface area contributed by atoms with Crippen LogP contribution in [-0.4, -0.2) is 30.9 Å². The second-order valence-electron chi connectivity index (χ2n) is 8.22. The Morgan fingerprint density at radius 1 is 0.900 bits per heavy atom. The van der Waals surface area contributed by atoms with Crippen molar-refractivity contribution in [2.45, 2.75) is 38.1 Å². The van der Waals surface area contributed by atoms with Crippen molar-refractivity contribution in [1.82, 2.24) is 0 Å². The van der Waals surface area contributed by atoms with E-state index in [1.165, 1.54) is 41.3 Å².